The molecule has 3 rings (SSSR count). The van der Waals surface area contributed by atoms with Crippen LogP contribution in [0.25, 0.3) is 0 Å². The minimum atomic E-state index is 0.286. The second-order valence-corrected chi connectivity index (χ2v) is 5.01. The third kappa shape index (κ3) is 0.722. The molecule has 3 aliphatic carbocycles. The van der Waals surface area contributed by atoms with Gasteiger partial charge < -0.3 is 0 Å². The van der Waals surface area contributed by atoms with Crippen LogP contribution in [0.3, 0.4) is 0 Å². The molecule has 0 bridgehead atoms. The van der Waals surface area contributed by atoms with Gasteiger partial charge in [0.05, 0.1) is 0 Å². The van der Waals surface area contributed by atoms with Crippen molar-refractivity contribution < 1.29 is 4.79 Å². The molecule has 0 aromatic carbocycles. The second kappa shape index (κ2) is 2.26. The van der Waals surface area contributed by atoms with Crippen LogP contribution < -0.4 is 0 Å². The Morgan fingerprint density at radius 1 is 1.31 bits per heavy atom. The molecule has 0 aromatic rings. The monoisotopic (exact) mass is 176 g/mol. The number of hydrogen-bond acceptors (Lipinski definition) is 1. The van der Waals surface area contributed by atoms with Gasteiger partial charge >= 0.3 is 0 Å². The minimum Gasteiger partial charge on any atom is -0.299 e. The Bertz CT molecular complexity index is 291. The summed E-state index contributed by atoms with van der Waals surface area (Å²) in [5, 5.41) is 0. The number of carbonyl (C=O) groups excluding carboxylic acids is 1. The smallest absolute Gasteiger partial charge is 0.140 e. The number of allylic oxidation sites excluding steroid dienone is 1. The highest BCUT2D eigenvalue weighted by atomic mass is 16.1. The van der Waals surface area contributed by atoms with Crippen molar-refractivity contribution >= 4 is 5.78 Å². The molecule has 3 atom stereocenters. The van der Waals surface area contributed by atoms with Crippen LogP contribution in [0.1, 0.15) is 38.5 Å². The van der Waals surface area contributed by atoms with Crippen molar-refractivity contribution in [2.24, 2.45) is 17.3 Å². The predicted molar refractivity (Wildman–Crippen MR) is 51.3 cm³/mol. The first-order valence-corrected chi connectivity index (χ1v) is 5.47. The lowest BCUT2D eigenvalue weighted by Crippen LogP contribution is -2.53. The molecule has 1 spiro atoms. The van der Waals surface area contributed by atoms with E-state index < -0.39 is 0 Å². The number of ketones is 1. The summed E-state index contributed by atoms with van der Waals surface area (Å²) in [5.74, 6) is 1.50. The molecule has 0 unspecified atom stereocenters. The number of Topliss-reactive ketones (excluding diaryl/α,β-unsaturated/α-hetero) is 1. The van der Waals surface area contributed by atoms with E-state index in [-0.39, 0.29) is 5.92 Å². The van der Waals surface area contributed by atoms with Gasteiger partial charge in [0.15, 0.2) is 0 Å². The fraction of sp³-hybridized carbons (Fsp3) is 0.750. The largest absolute Gasteiger partial charge is 0.299 e. The molecule has 3 aliphatic rings. The normalized spacial score (nSPS) is 48.3. The highest BCUT2D eigenvalue weighted by molar-refractivity contribution is 5.87. The Morgan fingerprint density at radius 2 is 2.08 bits per heavy atom. The van der Waals surface area contributed by atoms with E-state index in [0.717, 1.165) is 18.8 Å². The van der Waals surface area contributed by atoms with E-state index in [2.05, 4.69) is 6.58 Å². The summed E-state index contributed by atoms with van der Waals surface area (Å²) < 4.78 is 0. The van der Waals surface area contributed by atoms with Crippen molar-refractivity contribution in [2.45, 2.75) is 38.5 Å². The van der Waals surface area contributed by atoms with E-state index in [1.165, 1.54) is 31.3 Å². The summed E-state index contributed by atoms with van der Waals surface area (Å²) >= 11 is 0. The number of hydrogen-bond donors (Lipinski definition) is 0. The molecule has 13 heavy (non-hydrogen) atoms. The van der Waals surface area contributed by atoms with E-state index in [1.807, 2.05) is 0 Å². The summed E-state index contributed by atoms with van der Waals surface area (Å²) in [6.45, 7) is 4.11. The van der Waals surface area contributed by atoms with Crippen molar-refractivity contribution in [3.05, 3.63) is 12.2 Å². The molecule has 1 nitrogen and oxygen atoms in total. The Kier molecular flexibility index (Phi) is 1.35. The Hall–Kier alpha value is -0.590. The van der Waals surface area contributed by atoms with Crippen LogP contribution in [0.15, 0.2) is 12.2 Å². The van der Waals surface area contributed by atoms with Crippen LogP contribution in [-0.2, 0) is 4.79 Å². The maximum absolute atomic E-state index is 11.7. The zero-order valence-electron chi connectivity index (χ0n) is 8.01. The lowest BCUT2D eigenvalue weighted by Gasteiger charge is -2.56. The van der Waals surface area contributed by atoms with Gasteiger partial charge in [0.25, 0.3) is 0 Å². The number of rotatable bonds is 0. The molecule has 0 aliphatic heterocycles. The quantitative estimate of drug-likeness (QED) is 0.519. The van der Waals surface area contributed by atoms with Crippen LogP contribution in [0.4, 0.5) is 0 Å². The molecule has 0 aromatic heterocycles. The Morgan fingerprint density at radius 3 is 2.92 bits per heavy atom. The van der Waals surface area contributed by atoms with Crippen LogP contribution >= 0.6 is 0 Å². The maximum Gasteiger partial charge on any atom is 0.140 e. The van der Waals surface area contributed by atoms with Crippen molar-refractivity contribution in [1.82, 2.24) is 0 Å². The van der Waals surface area contributed by atoms with E-state index in [1.54, 1.807) is 0 Å². The van der Waals surface area contributed by atoms with Gasteiger partial charge in [0.1, 0.15) is 5.78 Å². The average molecular weight is 176 g/mol. The highest BCUT2D eigenvalue weighted by Gasteiger charge is 2.62. The molecule has 0 heterocycles. The average Bonchev–Trinajstić information content (AvgIpc) is 2.43. The van der Waals surface area contributed by atoms with Gasteiger partial charge in [-0.05, 0) is 37.0 Å². The number of carbonyl (C=O) groups is 1. The SMILES string of the molecule is C=C1[C@@H]2C(=O)CCC[C@@]23CCC[C@H]13. The third-order valence-corrected chi connectivity index (χ3v) is 4.61. The van der Waals surface area contributed by atoms with Crippen molar-refractivity contribution in [2.75, 3.05) is 0 Å². The molecule has 0 radical (unpaired) electrons. The lowest BCUT2D eigenvalue weighted by atomic mass is 9.46. The van der Waals surface area contributed by atoms with E-state index >= 15 is 0 Å². The highest BCUT2D eigenvalue weighted by Crippen LogP contribution is 2.68. The van der Waals surface area contributed by atoms with Gasteiger partial charge in [-0.2, -0.15) is 0 Å². The molecule has 3 saturated carbocycles. The fourth-order valence-electron chi connectivity index (χ4n) is 4.18. The van der Waals surface area contributed by atoms with Gasteiger partial charge in [0, 0.05) is 12.3 Å². The van der Waals surface area contributed by atoms with E-state index in [0.29, 0.717) is 11.2 Å². The fourth-order valence-corrected chi connectivity index (χ4v) is 4.18. The second-order valence-electron chi connectivity index (χ2n) is 5.01. The first kappa shape index (κ1) is 7.78. The van der Waals surface area contributed by atoms with Gasteiger partial charge in [-0.1, -0.05) is 18.6 Å². The third-order valence-electron chi connectivity index (χ3n) is 4.61. The van der Waals surface area contributed by atoms with Crippen LogP contribution in [0, 0.1) is 17.3 Å². The minimum absolute atomic E-state index is 0.286. The molecule has 0 amide bonds. The Labute approximate surface area is 79.2 Å². The predicted octanol–water partition coefficient (Wildman–Crippen LogP) is 2.71. The summed E-state index contributed by atoms with van der Waals surface area (Å²) in [7, 11) is 0. The molecular weight excluding hydrogens is 160 g/mol. The topological polar surface area (TPSA) is 17.1 Å². The molecule has 70 valence electrons. The molecule has 3 fully saturated rings. The van der Waals surface area contributed by atoms with Crippen LogP contribution in [0.5, 0.6) is 0 Å². The molecule has 1 heteroatoms. The van der Waals surface area contributed by atoms with Gasteiger partial charge in [-0.25, -0.2) is 0 Å². The summed E-state index contributed by atoms with van der Waals surface area (Å²) in [4.78, 5) is 11.7. The maximum atomic E-state index is 11.7. The zero-order chi connectivity index (χ0) is 9.05. The molecular formula is C12H16O. The standard InChI is InChI=1S/C12H16O/c1-8-9-4-2-6-12(9)7-3-5-10(13)11(8)12/h9,11H,1-7H2/t9-,11-,12-/m1/s1. The summed E-state index contributed by atoms with van der Waals surface area (Å²) in [5.41, 5.74) is 1.70. The van der Waals surface area contributed by atoms with Crippen LogP contribution in [-0.4, -0.2) is 5.78 Å². The molecule has 0 N–H and O–H groups in total. The summed E-state index contributed by atoms with van der Waals surface area (Å²) in [6, 6.07) is 0. The van der Waals surface area contributed by atoms with E-state index in [9.17, 15) is 4.79 Å². The van der Waals surface area contributed by atoms with Gasteiger partial charge in [0.2, 0.25) is 0 Å². The first-order valence-electron chi connectivity index (χ1n) is 5.47. The van der Waals surface area contributed by atoms with Gasteiger partial charge in [-0.15, -0.1) is 0 Å². The lowest BCUT2D eigenvalue weighted by molar-refractivity contribution is -0.136. The van der Waals surface area contributed by atoms with Crippen molar-refractivity contribution in [3.63, 3.8) is 0 Å². The summed E-state index contributed by atoms with van der Waals surface area (Å²) in [6.07, 6.45) is 7.19. The van der Waals surface area contributed by atoms with Crippen molar-refractivity contribution in [3.8, 4) is 0 Å². The zero-order valence-corrected chi connectivity index (χ0v) is 8.01. The van der Waals surface area contributed by atoms with Crippen molar-refractivity contribution in [1.29, 1.82) is 0 Å². The molecule has 0 saturated heterocycles. The van der Waals surface area contributed by atoms with Gasteiger partial charge in [-0.3, -0.25) is 4.79 Å². The Balaban J connectivity index is 2.00. The van der Waals surface area contributed by atoms with E-state index in [4.69, 9.17) is 0 Å². The van der Waals surface area contributed by atoms with Crippen LogP contribution in [0.2, 0.25) is 0 Å². The first-order chi connectivity index (χ1) is 6.26.